The Hall–Kier alpha value is -2.99. The molecular weight excluding hydrogens is 670 g/mol. The van der Waals surface area contributed by atoms with E-state index in [-0.39, 0.29) is 55.0 Å². The molecule has 2 heterocycles. The molecule has 8 atom stereocenters. The number of aliphatic imine (C=N–C) groups is 1. The van der Waals surface area contributed by atoms with Gasteiger partial charge < -0.3 is 46.1 Å². The second-order valence-corrected chi connectivity index (χ2v) is 16.2. The summed E-state index contributed by atoms with van der Waals surface area (Å²) in [6.45, 7) is 3.25. The lowest BCUT2D eigenvalue weighted by atomic mass is 9.64. The molecule has 292 valence electrons. The molecule has 10 nitrogen and oxygen atoms in total. The minimum absolute atomic E-state index is 0.0182. The number of aliphatic hydroxyl groups excluding tert-OH is 4. The summed E-state index contributed by atoms with van der Waals surface area (Å²) in [6.07, 6.45) is 21.3. The highest BCUT2D eigenvalue weighted by Crippen LogP contribution is 2.60. The third-order valence-electron chi connectivity index (χ3n) is 12.3. The van der Waals surface area contributed by atoms with Gasteiger partial charge in [-0.3, -0.25) is 0 Å². The Balaban J connectivity index is 0.988. The minimum Gasteiger partial charge on any atom is -0.592 e. The van der Waals surface area contributed by atoms with Crippen molar-refractivity contribution in [1.82, 2.24) is 5.32 Å². The van der Waals surface area contributed by atoms with Gasteiger partial charge in [-0.05, 0) is 81.9 Å². The first-order valence-electron chi connectivity index (χ1n) is 20.3. The van der Waals surface area contributed by atoms with Crippen LogP contribution in [-0.2, 0) is 11.2 Å². The maximum Gasteiger partial charge on any atom is 0.196 e. The van der Waals surface area contributed by atoms with Crippen LogP contribution in [0, 0.1) is 35.1 Å². The average Bonchev–Trinajstić information content (AvgIpc) is 3.87. The summed E-state index contributed by atoms with van der Waals surface area (Å²) in [6, 6.07) is 6.09. The standard InChI is InChI=1S/C43H63N3O7/c1-28(49)24-45-25-36-35-23-37(46-42(35)30-16-18-43(36)17-6-8-32(43)21-30)39(51)27-52-41-20-29(13-15-38(41)50)12-14-34-22-31(26-48)40(53-34)11-5-3-2-4-9-33(44)10-7-19-47/h13,15-16,18,20,22-23,28,30,32-33,36,39-40,45,47-51H,2-12,14,17,19,21,24-27,44H2,1H3. The van der Waals surface area contributed by atoms with E-state index in [2.05, 4.69) is 23.5 Å². The molecule has 4 aliphatic carbocycles. The molecular formula is C43H63N3O7. The summed E-state index contributed by atoms with van der Waals surface area (Å²) in [5.74, 6) is 3.21. The molecule has 0 aromatic heterocycles. The average molecular weight is 734 g/mol. The van der Waals surface area contributed by atoms with Crippen LogP contribution in [0.4, 0.5) is 0 Å². The SMILES string of the molecule is CC(O)CNCC1C2=C[C+](C(O)COc3cc(CCC4=C[C-](CO)C(CCCCCCC(N)CCCO)O4)ccc3O)N=C2C2C=CC13CCCC3C2. The molecule has 6 aliphatic rings. The number of allylic oxidation sites excluding steroid dienone is 3. The molecule has 2 bridgehead atoms. The molecule has 2 saturated carbocycles. The number of aryl methyl sites for hydroxylation is 1. The van der Waals surface area contributed by atoms with Crippen LogP contribution in [-0.4, -0.2) is 88.5 Å². The number of ether oxygens (including phenoxy) is 2. The van der Waals surface area contributed by atoms with E-state index >= 15 is 0 Å². The maximum atomic E-state index is 11.3. The molecule has 0 saturated heterocycles. The van der Waals surface area contributed by atoms with E-state index < -0.39 is 12.2 Å². The first-order valence-corrected chi connectivity index (χ1v) is 20.3. The number of unbranched alkanes of at least 4 members (excludes halogenated alkanes) is 3. The molecule has 1 aromatic rings. The van der Waals surface area contributed by atoms with Crippen molar-refractivity contribution >= 4 is 5.71 Å². The number of hydrogen-bond acceptors (Lipinski definition) is 10. The van der Waals surface area contributed by atoms with Crippen LogP contribution in [0.2, 0.25) is 0 Å². The third-order valence-corrected chi connectivity index (χ3v) is 12.3. The Morgan fingerprint density at radius 1 is 1.13 bits per heavy atom. The second-order valence-electron chi connectivity index (χ2n) is 16.2. The van der Waals surface area contributed by atoms with Gasteiger partial charge in [-0.1, -0.05) is 62.5 Å². The van der Waals surface area contributed by atoms with Gasteiger partial charge in [0.2, 0.25) is 0 Å². The van der Waals surface area contributed by atoms with Crippen LogP contribution >= 0.6 is 0 Å². The zero-order valence-corrected chi connectivity index (χ0v) is 31.6. The Kier molecular flexibility index (Phi) is 13.9. The van der Waals surface area contributed by atoms with Crippen LogP contribution < -0.4 is 15.8 Å². The summed E-state index contributed by atoms with van der Waals surface area (Å²) in [5.41, 5.74) is 9.45. The number of aliphatic hydroxyl groups is 4. The molecule has 7 rings (SSSR count). The predicted molar refractivity (Wildman–Crippen MR) is 207 cm³/mol. The third kappa shape index (κ3) is 9.64. The molecule has 2 fully saturated rings. The number of hydrogen-bond donors (Lipinski definition) is 7. The van der Waals surface area contributed by atoms with Crippen LogP contribution in [0.1, 0.15) is 96.0 Å². The normalized spacial score (nSPS) is 27.5. The van der Waals surface area contributed by atoms with Crippen LogP contribution in [0.5, 0.6) is 11.5 Å². The predicted octanol–water partition coefficient (Wildman–Crippen LogP) is 5.23. The quantitative estimate of drug-likeness (QED) is 0.0479. The maximum absolute atomic E-state index is 11.3. The second kappa shape index (κ2) is 18.6. The molecule has 0 radical (unpaired) electrons. The fourth-order valence-corrected chi connectivity index (χ4v) is 9.44. The van der Waals surface area contributed by atoms with Gasteiger partial charge in [0.05, 0.1) is 24.0 Å². The van der Waals surface area contributed by atoms with Gasteiger partial charge in [0.15, 0.2) is 29.4 Å². The molecule has 0 amide bonds. The number of phenolic OH excluding ortho intramolecular Hbond substituents is 1. The Labute approximate surface area is 316 Å². The van der Waals surface area contributed by atoms with Crippen molar-refractivity contribution in [3.05, 3.63) is 71.4 Å². The van der Waals surface area contributed by atoms with Gasteiger partial charge in [-0.25, -0.2) is 0 Å². The number of phenols is 1. The van der Waals surface area contributed by atoms with Gasteiger partial charge in [-0.15, -0.1) is 4.99 Å². The zero-order valence-electron chi connectivity index (χ0n) is 31.6. The first kappa shape index (κ1) is 39.7. The lowest BCUT2D eigenvalue weighted by Gasteiger charge is -2.39. The number of nitrogens with two attached hydrogens (primary N) is 1. The molecule has 8 N–H and O–H groups in total. The van der Waals surface area contributed by atoms with Gasteiger partial charge in [0.25, 0.3) is 0 Å². The molecule has 10 heteroatoms. The van der Waals surface area contributed by atoms with Gasteiger partial charge in [0, 0.05) is 43.9 Å². The Morgan fingerprint density at radius 3 is 2.77 bits per heavy atom. The van der Waals surface area contributed by atoms with E-state index in [1.807, 2.05) is 18.2 Å². The zero-order chi connectivity index (χ0) is 37.4. The number of benzene rings is 1. The number of aromatic hydroxyl groups is 1. The topological polar surface area (TPSA) is 170 Å². The van der Waals surface area contributed by atoms with Crippen molar-refractivity contribution < 1.29 is 35.0 Å². The van der Waals surface area contributed by atoms with Crippen molar-refractivity contribution in [2.24, 2.45) is 33.9 Å². The van der Waals surface area contributed by atoms with E-state index in [1.54, 1.807) is 13.0 Å². The van der Waals surface area contributed by atoms with E-state index in [9.17, 15) is 20.4 Å². The lowest BCUT2D eigenvalue weighted by Crippen LogP contribution is -2.41. The largest absolute Gasteiger partial charge is 0.592 e. The number of rotatable bonds is 22. The van der Waals surface area contributed by atoms with Crippen molar-refractivity contribution in [3.63, 3.8) is 0 Å². The first-order chi connectivity index (χ1) is 25.7. The summed E-state index contributed by atoms with van der Waals surface area (Å²) in [4.78, 5) is 5.03. The molecule has 53 heavy (non-hydrogen) atoms. The summed E-state index contributed by atoms with van der Waals surface area (Å²) < 4.78 is 12.3. The van der Waals surface area contributed by atoms with E-state index in [0.717, 1.165) is 93.7 Å². The minimum atomic E-state index is -0.952. The highest BCUT2D eigenvalue weighted by Gasteiger charge is 2.59. The number of nitrogens with one attached hydrogen (secondary N) is 1. The summed E-state index contributed by atoms with van der Waals surface area (Å²) in [7, 11) is 0. The fraction of sp³-hybridized carbons (Fsp3) is 0.651. The highest BCUT2D eigenvalue weighted by molar-refractivity contribution is 6.07. The van der Waals surface area contributed by atoms with Gasteiger partial charge in [0.1, 0.15) is 12.2 Å². The molecule has 1 aromatic carbocycles. The highest BCUT2D eigenvalue weighted by atomic mass is 16.5. The van der Waals surface area contributed by atoms with Crippen molar-refractivity contribution in [1.29, 1.82) is 0 Å². The van der Waals surface area contributed by atoms with E-state index in [0.29, 0.717) is 37.1 Å². The molecule has 2 aliphatic heterocycles. The van der Waals surface area contributed by atoms with Crippen molar-refractivity contribution in [2.45, 2.75) is 121 Å². The van der Waals surface area contributed by atoms with Crippen LogP contribution in [0.3, 0.4) is 0 Å². The molecule has 8 unspecified atom stereocenters. The van der Waals surface area contributed by atoms with Gasteiger partial charge in [-0.2, -0.15) is 12.0 Å². The Bertz CT molecular complexity index is 1480. The van der Waals surface area contributed by atoms with Gasteiger partial charge >= 0.3 is 0 Å². The van der Waals surface area contributed by atoms with Crippen molar-refractivity contribution in [2.75, 3.05) is 32.9 Å². The summed E-state index contributed by atoms with van der Waals surface area (Å²) >= 11 is 0. The lowest BCUT2D eigenvalue weighted by molar-refractivity contribution is 0.119. The monoisotopic (exact) mass is 733 g/mol. The Morgan fingerprint density at radius 2 is 1.96 bits per heavy atom. The van der Waals surface area contributed by atoms with Crippen LogP contribution in [0.25, 0.3) is 0 Å². The fourth-order valence-electron chi connectivity index (χ4n) is 9.44. The molecule has 1 spiro atoms. The summed E-state index contributed by atoms with van der Waals surface area (Å²) in [5, 5.41) is 54.3. The van der Waals surface area contributed by atoms with E-state index in [1.165, 1.54) is 18.4 Å². The van der Waals surface area contributed by atoms with Crippen LogP contribution in [0.15, 0.2) is 58.8 Å². The van der Waals surface area contributed by atoms with Crippen molar-refractivity contribution in [3.8, 4) is 11.5 Å². The van der Waals surface area contributed by atoms with E-state index in [4.69, 9.17) is 25.3 Å². The number of nitrogens with zero attached hydrogens (tertiary/aromatic N) is 1. The smallest absolute Gasteiger partial charge is 0.196 e.